The third-order valence-electron chi connectivity index (χ3n) is 3.80. The van der Waals surface area contributed by atoms with Gasteiger partial charge in [0.25, 0.3) is 5.91 Å². The molecule has 0 bridgehead atoms. The molecule has 1 atom stereocenters. The highest BCUT2D eigenvalue weighted by Gasteiger charge is 2.32. The summed E-state index contributed by atoms with van der Waals surface area (Å²) in [6.45, 7) is 1.79. The van der Waals surface area contributed by atoms with E-state index in [0.717, 1.165) is 5.56 Å². The summed E-state index contributed by atoms with van der Waals surface area (Å²) in [4.78, 5) is 24.0. The Bertz CT molecular complexity index is 935. The average molecular weight is 386 g/mol. The minimum atomic E-state index is -2.34. The van der Waals surface area contributed by atoms with E-state index >= 15 is 0 Å². The first-order valence-corrected chi connectivity index (χ1v) is 7.58. The number of hydrogen-bond donors (Lipinski definition) is 2. The Labute approximate surface area is 149 Å². The molecular formula is C17H11F5N2O3. The Morgan fingerprint density at radius 2 is 1.67 bits per heavy atom. The molecule has 10 heteroatoms. The third-order valence-corrected chi connectivity index (χ3v) is 3.80. The Morgan fingerprint density at radius 3 is 2.30 bits per heavy atom. The number of benzene rings is 2. The van der Waals surface area contributed by atoms with Crippen LogP contribution < -0.4 is 15.4 Å². The number of fused-ring (bicyclic) bond motifs is 1. The topological polar surface area (TPSA) is 67.4 Å². The highest BCUT2D eigenvalue weighted by molar-refractivity contribution is 6.02. The van der Waals surface area contributed by atoms with Crippen molar-refractivity contribution in [1.82, 2.24) is 0 Å². The van der Waals surface area contributed by atoms with Gasteiger partial charge in [0.15, 0.2) is 29.4 Å². The maximum absolute atomic E-state index is 13.6. The van der Waals surface area contributed by atoms with Gasteiger partial charge in [-0.3, -0.25) is 9.59 Å². The van der Waals surface area contributed by atoms with Crippen LogP contribution in [0.15, 0.2) is 18.2 Å². The van der Waals surface area contributed by atoms with Crippen molar-refractivity contribution in [3.63, 3.8) is 0 Å². The lowest BCUT2D eigenvalue weighted by atomic mass is 10.1. The molecule has 5 nitrogen and oxygen atoms in total. The molecule has 2 amide bonds. The van der Waals surface area contributed by atoms with Crippen LogP contribution in [0.3, 0.4) is 0 Å². The number of rotatable bonds is 3. The second-order valence-corrected chi connectivity index (χ2v) is 5.79. The number of carbonyl (C=O) groups excluding carboxylic acids is 2. The second-order valence-electron chi connectivity index (χ2n) is 5.79. The maximum Gasteiger partial charge on any atom is 0.266 e. The first kappa shape index (κ1) is 18.6. The number of anilines is 2. The van der Waals surface area contributed by atoms with Crippen LogP contribution in [0.2, 0.25) is 0 Å². The van der Waals surface area contributed by atoms with E-state index in [2.05, 4.69) is 5.32 Å². The largest absolute Gasteiger partial charge is 0.478 e. The van der Waals surface area contributed by atoms with Crippen molar-refractivity contribution in [2.45, 2.75) is 19.4 Å². The van der Waals surface area contributed by atoms with E-state index in [1.807, 2.05) is 0 Å². The summed E-state index contributed by atoms with van der Waals surface area (Å²) >= 11 is 0. The summed E-state index contributed by atoms with van der Waals surface area (Å²) < 4.78 is 71.9. The van der Waals surface area contributed by atoms with Crippen molar-refractivity contribution >= 4 is 23.2 Å². The van der Waals surface area contributed by atoms with Crippen LogP contribution in [-0.4, -0.2) is 17.9 Å². The predicted molar refractivity (Wildman–Crippen MR) is 83.7 cm³/mol. The van der Waals surface area contributed by atoms with E-state index in [-0.39, 0.29) is 5.75 Å². The van der Waals surface area contributed by atoms with Crippen LogP contribution in [0, 0.1) is 36.0 Å². The summed E-state index contributed by atoms with van der Waals surface area (Å²) in [7, 11) is 0. The number of hydrogen-bond acceptors (Lipinski definition) is 3. The molecule has 142 valence electrons. The quantitative estimate of drug-likeness (QED) is 0.483. The van der Waals surface area contributed by atoms with Gasteiger partial charge in [-0.1, -0.05) is 6.07 Å². The molecule has 0 aliphatic carbocycles. The first-order valence-electron chi connectivity index (χ1n) is 7.58. The molecule has 0 spiro atoms. The van der Waals surface area contributed by atoms with E-state index < -0.39 is 59.1 Å². The zero-order chi connectivity index (χ0) is 19.9. The van der Waals surface area contributed by atoms with Crippen molar-refractivity contribution in [3.05, 3.63) is 52.8 Å². The van der Waals surface area contributed by atoms with Gasteiger partial charge in [-0.2, -0.15) is 0 Å². The van der Waals surface area contributed by atoms with E-state index in [4.69, 9.17) is 4.74 Å². The number of carbonyl (C=O) groups is 2. The SMILES string of the molecule is Cc1ccc2c(c1)NC(=O)[C@H](CC(=O)Nc1c(F)c(F)c(F)c(F)c1F)O2. The normalized spacial score (nSPS) is 15.6. The molecule has 0 aromatic heterocycles. The molecule has 2 N–H and O–H groups in total. The standard InChI is InChI=1S/C17H11F5N2O3/c1-6-2-3-8-7(4-6)23-17(26)9(27-8)5-10(25)24-16-14(21)12(19)11(18)13(20)15(16)22/h2-4,9H,5H2,1H3,(H,23,26)(H,24,25)/t9-/m0/s1. The Kier molecular flexibility index (Phi) is 4.73. The summed E-state index contributed by atoms with van der Waals surface area (Å²) in [5, 5.41) is 4.10. The number of ether oxygens (including phenoxy) is 1. The van der Waals surface area contributed by atoms with E-state index in [1.165, 1.54) is 0 Å². The van der Waals surface area contributed by atoms with Crippen molar-refractivity contribution in [2.24, 2.45) is 0 Å². The molecule has 0 fully saturated rings. The van der Waals surface area contributed by atoms with Crippen molar-refractivity contribution in [2.75, 3.05) is 10.6 Å². The van der Waals surface area contributed by atoms with Gasteiger partial charge < -0.3 is 15.4 Å². The average Bonchev–Trinajstić information content (AvgIpc) is 2.63. The van der Waals surface area contributed by atoms with Gasteiger partial charge in [0.05, 0.1) is 12.1 Å². The minimum absolute atomic E-state index is 0.272. The lowest BCUT2D eigenvalue weighted by molar-refractivity contribution is -0.128. The van der Waals surface area contributed by atoms with E-state index in [1.54, 1.807) is 30.4 Å². The number of halogens is 5. The van der Waals surface area contributed by atoms with Crippen LogP contribution in [-0.2, 0) is 9.59 Å². The molecule has 0 radical (unpaired) electrons. The molecule has 1 heterocycles. The van der Waals surface area contributed by atoms with E-state index in [9.17, 15) is 31.5 Å². The second kappa shape index (κ2) is 6.86. The summed E-state index contributed by atoms with van der Waals surface area (Å²) in [6, 6.07) is 4.89. The fourth-order valence-electron chi connectivity index (χ4n) is 2.47. The Morgan fingerprint density at radius 1 is 1.07 bits per heavy atom. The zero-order valence-corrected chi connectivity index (χ0v) is 13.6. The summed E-state index contributed by atoms with van der Waals surface area (Å²) in [6.07, 6.45) is -2.06. The van der Waals surface area contributed by atoms with Crippen LogP contribution in [0.25, 0.3) is 0 Å². The molecule has 0 saturated carbocycles. The first-order chi connectivity index (χ1) is 12.7. The van der Waals surface area contributed by atoms with Gasteiger partial charge in [-0.05, 0) is 24.6 Å². The Hall–Kier alpha value is -3.17. The zero-order valence-electron chi connectivity index (χ0n) is 13.6. The maximum atomic E-state index is 13.6. The van der Waals surface area contributed by atoms with Crippen LogP contribution in [0.4, 0.5) is 33.3 Å². The highest BCUT2D eigenvalue weighted by Crippen LogP contribution is 2.31. The summed E-state index contributed by atoms with van der Waals surface area (Å²) in [5.74, 6) is -12.7. The fourth-order valence-corrected chi connectivity index (χ4v) is 2.47. The van der Waals surface area contributed by atoms with Gasteiger partial charge in [0, 0.05) is 0 Å². The molecule has 1 aliphatic heterocycles. The van der Waals surface area contributed by atoms with E-state index in [0.29, 0.717) is 5.69 Å². The van der Waals surface area contributed by atoms with Gasteiger partial charge in [0.2, 0.25) is 11.7 Å². The third kappa shape index (κ3) is 3.42. The molecule has 2 aromatic rings. The number of aryl methyl sites for hydroxylation is 1. The number of amides is 2. The minimum Gasteiger partial charge on any atom is -0.478 e. The lowest BCUT2D eigenvalue weighted by Gasteiger charge is -2.25. The van der Waals surface area contributed by atoms with Gasteiger partial charge in [-0.25, -0.2) is 22.0 Å². The molecule has 1 aliphatic rings. The van der Waals surface area contributed by atoms with Gasteiger partial charge in [0.1, 0.15) is 11.4 Å². The van der Waals surface area contributed by atoms with Crippen molar-refractivity contribution in [1.29, 1.82) is 0 Å². The smallest absolute Gasteiger partial charge is 0.266 e. The van der Waals surface area contributed by atoms with Crippen LogP contribution >= 0.6 is 0 Å². The molecule has 0 saturated heterocycles. The van der Waals surface area contributed by atoms with Gasteiger partial charge in [-0.15, -0.1) is 0 Å². The summed E-state index contributed by atoms with van der Waals surface area (Å²) in [5.41, 5.74) is -0.264. The van der Waals surface area contributed by atoms with Gasteiger partial charge >= 0.3 is 0 Å². The highest BCUT2D eigenvalue weighted by atomic mass is 19.2. The fraction of sp³-hybridized carbons (Fsp3) is 0.176. The van der Waals surface area contributed by atoms with Crippen molar-refractivity contribution < 1.29 is 36.3 Å². The lowest BCUT2D eigenvalue weighted by Crippen LogP contribution is -2.39. The Balaban J connectivity index is 1.77. The van der Waals surface area contributed by atoms with Crippen LogP contribution in [0.1, 0.15) is 12.0 Å². The molecule has 3 rings (SSSR count). The number of nitrogens with one attached hydrogen (secondary N) is 2. The van der Waals surface area contributed by atoms with Crippen LogP contribution in [0.5, 0.6) is 5.75 Å². The van der Waals surface area contributed by atoms with Crippen molar-refractivity contribution in [3.8, 4) is 5.75 Å². The molecule has 27 heavy (non-hydrogen) atoms. The molecule has 2 aromatic carbocycles. The molecular weight excluding hydrogens is 375 g/mol. The predicted octanol–water partition coefficient (Wildman–Crippen LogP) is 3.42. The molecule has 0 unspecified atom stereocenters. The monoisotopic (exact) mass is 386 g/mol.